The molecule has 0 bridgehead atoms. The van der Waals surface area contributed by atoms with Crippen LogP contribution in [0.25, 0.3) is 0 Å². The van der Waals surface area contributed by atoms with Crippen LogP contribution >= 0.6 is 12.4 Å². The Bertz CT molecular complexity index is 406. The number of rotatable bonds is 3. The van der Waals surface area contributed by atoms with Crippen LogP contribution < -0.4 is 5.73 Å². The first kappa shape index (κ1) is 17.1. The third-order valence-corrected chi connectivity index (χ3v) is 2.19. The standard InChI is InChI=1S/C10H9F6N.ClH/c11-5-1-2-6(12)9(13)8(5)7(17)3-4-10(14,15)16;/h1-2,7H,3-4,17H2;1H/t7-;/m1./s1. The summed E-state index contributed by atoms with van der Waals surface area (Å²) < 4.78 is 74.7. The predicted octanol–water partition coefficient (Wildman–Crippen LogP) is 3.87. The first-order valence-electron chi connectivity index (χ1n) is 4.68. The zero-order valence-corrected chi connectivity index (χ0v) is 9.72. The highest BCUT2D eigenvalue weighted by Gasteiger charge is 2.29. The molecule has 18 heavy (non-hydrogen) atoms. The third-order valence-electron chi connectivity index (χ3n) is 2.19. The van der Waals surface area contributed by atoms with Crippen LogP contribution in [0.3, 0.4) is 0 Å². The Labute approximate surface area is 105 Å². The Balaban J connectivity index is 0.00000289. The van der Waals surface area contributed by atoms with Gasteiger partial charge in [-0.25, -0.2) is 13.2 Å². The maximum atomic E-state index is 13.2. The monoisotopic (exact) mass is 293 g/mol. The van der Waals surface area contributed by atoms with E-state index in [1.807, 2.05) is 0 Å². The summed E-state index contributed by atoms with van der Waals surface area (Å²) in [6, 6.07) is -0.362. The van der Waals surface area contributed by atoms with Gasteiger partial charge >= 0.3 is 6.18 Å². The predicted molar refractivity (Wildman–Crippen MR) is 55.8 cm³/mol. The molecule has 8 heteroatoms. The first-order chi connectivity index (χ1) is 7.72. The third kappa shape index (κ3) is 4.38. The lowest BCUT2D eigenvalue weighted by Gasteiger charge is -2.15. The van der Waals surface area contributed by atoms with E-state index in [1.54, 1.807) is 0 Å². The molecule has 104 valence electrons. The van der Waals surface area contributed by atoms with E-state index in [1.165, 1.54) is 0 Å². The largest absolute Gasteiger partial charge is 0.389 e. The lowest BCUT2D eigenvalue weighted by molar-refractivity contribution is -0.136. The molecule has 1 rings (SSSR count). The van der Waals surface area contributed by atoms with Gasteiger partial charge in [-0.2, -0.15) is 13.2 Å². The fraction of sp³-hybridized carbons (Fsp3) is 0.400. The van der Waals surface area contributed by atoms with E-state index in [2.05, 4.69) is 0 Å². The summed E-state index contributed by atoms with van der Waals surface area (Å²) in [5.74, 6) is -4.04. The van der Waals surface area contributed by atoms with Gasteiger partial charge < -0.3 is 5.73 Å². The van der Waals surface area contributed by atoms with Crippen LogP contribution in [0.15, 0.2) is 12.1 Å². The maximum absolute atomic E-state index is 13.2. The molecule has 0 saturated heterocycles. The molecule has 1 nitrogen and oxygen atoms in total. The summed E-state index contributed by atoms with van der Waals surface area (Å²) in [5, 5.41) is 0. The second kappa shape index (κ2) is 6.29. The molecule has 1 atom stereocenters. The Morgan fingerprint density at radius 1 is 1.06 bits per heavy atom. The Morgan fingerprint density at radius 2 is 1.56 bits per heavy atom. The maximum Gasteiger partial charge on any atom is 0.389 e. The molecule has 0 saturated carbocycles. The van der Waals surface area contributed by atoms with Gasteiger partial charge in [0.1, 0.15) is 5.82 Å². The second-order valence-corrected chi connectivity index (χ2v) is 3.52. The molecule has 0 heterocycles. The topological polar surface area (TPSA) is 26.0 Å². The molecule has 0 radical (unpaired) electrons. The van der Waals surface area contributed by atoms with E-state index in [0.717, 1.165) is 0 Å². The summed E-state index contributed by atoms with van der Waals surface area (Å²) in [6.45, 7) is 0. The molecule has 2 N–H and O–H groups in total. The molecule has 0 aliphatic rings. The van der Waals surface area contributed by atoms with Crippen molar-refractivity contribution in [3.05, 3.63) is 35.1 Å². The summed E-state index contributed by atoms with van der Waals surface area (Å²) in [7, 11) is 0. The minimum atomic E-state index is -4.47. The zero-order chi connectivity index (χ0) is 13.2. The molecule has 0 aliphatic carbocycles. The molecule has 0 amide bonds. The van der Waals surface area contributed by atoms with Gasteiger partial charge in [0.15, 0.2) is 11.6 Å². The van der Waals surface area contributed by atoms with Crippen molar-refractivity contribution in [2.45, 2.75) is 25.1 Å². The van der Waals surface area contributed by atoms with E-state index < -0.39 is 48.1 Å². The summed E-state index contributed by atoms with van der Waals surface area (Å²) in [5.41, 5.74) is 4.37. The Morgan fingerprint density at radius 3 is 2.06 bits per heavy atom. The molecular weight excluding hydrogens is 284 g/mol. The number of halogens is 7. The lowest BCUT2D eigenvalue weighted by atomic mass is 10.0. The van der Waals surface area contributed by atoms with Crippen LogP contribution in [0, 0.1) is 17.5 Å². The smallest absolute Gasteiger partial charge is 0.324 e. The van der Waals surface area contributed by atoms with Crippen molar-refractivity contribution < 1.29 is 26.3 Å². The molecular formula is C10H10ClF6N. The average Bonchev–Trinajstić information content (AvgIpc) is 2.20. The van der Waals surface area contributed by atoms with Crippen LogP contribution in [0.5, 0.6) is 0 Å². The van der Waals surface area contributed by atoms with Crippen molar-refractivity contribution >= 4 is 12.4 Å². The summed E-state index contributed by atoms with van der Waals surface area (Å²) in [4.78, 5) is 0. The van der Waals surface area contributed by atoms with Gasteiger partial charge in [-0.1, -0.05) is 0 Å². The van der Waals surface area contributed by atoms with Crippen molar-refractivity contribution in [3.63, 3.8) is 0 Å². The lowest BCUT2D eigenvalue weighted by Crippen LogP contribution is -2.18. The fourth-order valence-corrected chi connectivity index (χ4v) is 1.35. The number of hydrogen-bond acceptors (Lipinski definition) is 1. The van der Waals surface area contributed by atoms with Crippen molar-refractivity contribution in [1.82, 2.24) is 0 Å². The zero-order valence-electron chi connectivity index (χ0n) is 8.90. The number of benzene rings is 1. The van der Waals surface area contributed by atoms with Gasteiger partial charge in [-0.3, -0.25) is 0 Å². The highest BCUT2D eigenvalue weighted by Crippen LogP contribution is 2.29. The van der Waals surface area contributed by atoms with Crippen molar-refractivity contribution in [3.8, 4) is 0 Å². The molecule has 0 aromatic heterocycles. The van der Waals surface area contributed by atoms with E-state index in [9.17, 15) is 26.3 Å². The van der Waals surface area contributed by atoms with Crippen LogP contribution in [-0.4, -0.2) is 6.18 Å². The van der Waals surface area contributed by atoms with Gasteiger partial charge in [0.05, 0.1) is 0 Å². The normalized spacial score (nSPS) is 13.1. The molecule has 0 spiro atoms. The van der Waals surface area contributed by atoms with E-state index in [-0.39, 0.29) is 12.4 Å². The number of nitrogens with two attached hydrogens (primary N) is 1. The molecule has 0 aliphatic heterocycles. The minimum Gasteiger partial charge on any atom is -0.324 e. The van der Waals surface area contributed by atoms with Gasteiger partial charge in [-0.15, -0.1) is 12.4 Å². The van der Waals surface area contributed by atoms with Crippen LogP contribution in [0.1, 0.15) is 24.4 Å². The highest BCUT2D eigenvalue weighted by molar-refractivity contribution is 5.85. The number of alkyl halides is 3. The van der Waals surface area contributed by atoms with E-state index in [4.69, 9.17) is 5.73 Å². The molecule has 0 fully saturated rings. The second-order valence-electron chi connectivity index (χ2n) is 3.52. The van der Waals surface area contributed by atoms with Crippen LogP contribution in [-0.2, 0) is 0 Å². The van der Waals surface area contributed by atoms with Crippen molar-refractivity contribution in [2.24, 2.45) is 5.73 Å². The SMILES string of the molecule is Cl.N[C@H](CCC(F)(F)F)c1c(F)ccc(F)c1F. The van der Waals surface area contributed by atoms with Crippen LogP contribution in [0.2, 0.25) is 0 Å². The molecule has 1 aromatic carbocycles. The Hall–Kier alpha value is -0.950. The number of hydrogen-bond donors (Lipinski definition) is 1. The Kier molecular flexibility index (Phi) is 5.95. The van der Waals surface area contributed by atoms with E-state index in [0.29, 0.717) is 12.1 Å². The summed E-state index contributed by atoms with van der Waals surface area (Å²) >= 11 is 0. The van der Waals surface area contributed by atoms with E-state index >= 15 is 0 Å². The average molecular weight is 294 g/mol. The fourth-order valence-electron chi connectivity index (χ4n) is 1.35. The molecule has 1 aromatic rings. The van der Waals surface area contributed by atoms with Gasteiger partial charge in [-0.05, 0) is 18.6 Å². The van der Waals surface area contributed by atoms with Gasteiger partial charge in [0.2, 0.25) is 0 Å². The quantitative estimate of drug-likeness (QED) is 0.664. The highest BCUT2D eigenvalue weighted by atomic mass is 35.5. The van der Waals surface area contributed by atoms with Gasteiger partial charge in [0, 0.05) is 18.0 Å². The summed E-state index contributed by atoms with van der Waals surface area (Å²) in [6.07, 6.45) is -6.47. The molecule has 0 unspecified atom stereocenters. The van der Waals surface area contributed by atoms with Gasteiger partial charge in [0.25, 0.3) is 0 Å². The van der Waals surface area contributed by atoms with Crippen molar-refractivity contribution in [1.29, 1.82) is 0 Å². The first-order valence-corrected chi connectivity index (χ1v) is 4.68. The van der Waals surface area contributed by atoms with Crippen molar-refractivity contribution in [2.75, 3.05) is 0 Å². The van der Waals surface area contributed by atoms with Crippen LogP contribution in [0.4, 0.5) is 26.3 Å². The minimum absolute atomic E-state index is 0.